The molecule has 0 aromatic heterocycles. The Hall–Kier alpha value is -1.42. The lowest BCUT2D eigenvalue weighted by molar-refractivity contribution is 0.0654. The summed E-state index contributed by atoms with van der Waals surface area (Å²) < 4.78 is 13.0. The molecular weight excluding hydrogens is 336 g/mol. The summed E-state index contributed by atoms with van der Waals surface area (Å²) in [5.74, 6) is 0. The first-order valence-corrected chi connectivity index (χ1v) is 11.7. The monoisotopic (exact) mass is 368 g/mol. The number of hydrogen-bond donors (Lipinski definition) is 0. The van der Waals surface area contributed by atoms with Gasteiger partial charge in [-0.3, -0.25) is 0 Å². The van der Waals surface area contributed by atoms with Crippen molar-refractivity contribution in [2.24, 2.45) is 0 Å². The molecule has 3 rings (SSSR count). The van der Waals surface area contributed by atoms with Crippen molar-refractivity contribution < 1.29 is 9.16 Å². The molecule has 0 unspecified atom stereocenters. The van der Waals surface area contributed by atoms with Gasteiger partial charge < -0.3 is 9.16 Å². The molecule has 140 valence electrons. The van der Waals surface area contributed by atoms with E-state index >= 15 is 0 Å². The van der Waals surface area contributed by atoms with Gasteiger partial charge in [0.25, 0.3) is 8.32 Å². The summed E-state index contributed by atoms with van der Waals surface area (Å²) in [5.41, 5.74) is 0. The molecule has 0 saturated carbocycles. The second-order valence-electron chi connectivity index (χ2n) is 8.46. The van der Waals surface area contributed by atoms with Gasteiger partial charge in [-0.25, -0.2) is 0 Å². The number of ether oxygens (including phenoxy) is 1. The van der Waals surface area contributed by atoms with Crippen LogP contribution in [0.15, 0.2) is 60.7 Å². The number of hydrogen-bond acceptors (Lipinski definition) is 2. The molecule has 0 amide bonds. The molecule has 2 aromatic rings. The zero-order chi connectivity index (χ0) is 18.6. The lowest BCUT2D eigenvalue weighted by atomic mass is 10.1. The van der Waals surface area contributed by atoms with Crippen molar-refractivity contribution >= 4 is 18.7 Å². The number of rotatable bonds is 6. The average Bonchev–Trinajstić information content (AvgIpc) is 3.13. The molecule has 0 aliphatic carbocycles. The summed E-state index contributed by atoms with van der Waals surface area (Å²) in [4.78, 5) is 0. The van der Waals surface area contributed by atoms with Gasteiger partial charge in [-0.1, -0.05) is 81.4 Å². The predicted octanol–water partition coefficient (Wildman–Crippen LogP) is 4.52. The van der Waals surface area contributed by atoms with Crippen LogP contribution in [0.2, 0.25) is 5.04 Å². The Balaban J connectivity index is 2.02. The normalized spacial score (nSPS) is 19.5. The van der Waals surface area contributed by atoms with Crippen molar-refractivity contribution in [3.63, 3.8) is 0 Å². The maximum absolute atomic E-state index is 7.10. The van der Waals surface area contributed by atoms with Crippen LogP contribution in [0.4, 0.5) is 0 Å². The molecule has 0 spiro atoms. The molecule has 1 aliphatic heterocycles. The summed E-state index contributed by atoms with van der Waals surface area (Å²) >= 11 is 0. The lowest BCUT2D eigenvalue weighted by Gasteiger charge is -2.45. The first-order valence-electron chi connectivity index (χ1n) is 9.84. The largest absolute Gasteiger partial charge is 0.405 e. The van der Waals surface area contributed by atoms with Crippen molar-refractivity contribution in [1.82, 2.24) is 0 Å². The standard InChI is InChI=1S/C23H32O2Si/c1-19(18-20-12-11-17-24-20)25-26(23(2,3)4,21-13-7-5-8-14-21)22-15-9-6-10-16-22/h5-10,13-16,19-20H,11-12,17-18H2,1-4H3/t19-,20-/m0/s1. The molecule has 1 saturated heterocycles. The van der Waals surface area contributed by atoms with Crippen LogP contribution in [0, 0.1) is 0 Å². The van der Waals surface area contributed by atoms with E-state index in [0.29, 0.717) is 6.10 Å². The van der Waals surface area contributed by atoms with E-state index in [-0.39, 0.29) is 11.1 Å². The second kappa shape index (κ2) is 8.08. The van der Waals surface area contributed by atoms with Gasteiger partial charge in [0.05, 0.1) is 6.10 Å². The predicted molar refractivity (Wildman–Crippen MR) is 112 cm³/mol. The van der Waals surface area contributed by atoms with E-state index in [1.54, 1.807) is 0 Å². The van der Waals surface area contributed by atoms with Crippen LogP contribution in [0.5, 0.6) is 0 Å². The molecule has 26 heavy (non-hydrogen) atoms. The second-order valence-corrected chi connectivity index (χ2v) is 12.7. The van der Waals surface area contributed by atoms with Crippen LogP contribution in [0.25, 0.3) is 0 Å². The Morgan fingerprint density at radius 2 is 1.54 bits per heavy atom. The number of benzene rings is 2. The topological polar surface area (TPSA) is 18.5 Å². The summed E-state index contributed by atoms with van der Waals surface area (Å²) in [6.07, 6.45) is 3.84. The Labute approximate surface area is 159 Å². The van der Waals surface area contributed by atoms with Gasteiger partial charge in [0.15, 0.2) is 0 Å². The quantitative estimate of drug-likeness (QED) is 0.698. The van der Waals surface area contributed by atoms with E-state index in [9.17, 15) is 0 Å². The van der Waals surface area contributed by atoms with Gasteiger partial charge in [-0.05, 0) is 41.6 Å². The molecule has 1 heterocycles. The highest BCUT2D eigenvalue weighted by molar-refractivity contribution is 6.99. The zero-order valence-corrected chi connectivity index (χ0v) is 17.6. The van der Waals surface area contributed by atoms with Crippen molar-refractivity contribution in [3.8, 4) is 0 Å². The Kier molecular flexibility index (Phi) is 6.01. The van der Waals surface area contributed by atoms with Crippen LogP contribution >= 0.6 is 0 Å². The van der Waals surface area contributed by atoms with Gasteiger partial charge >= 0.3 is 0 Å². The third-order valence-electron chi connectivity index (χ3n) is 5.41. The Morgan fingerprint density at radius 1 is 1.00 bits per heavy atom. The zero-order valence-electron chi connectivity index (χ0n) is 16.6. The van der Waals surface area contributed by atoms with E-state index in [2.05, 4.69) is 88.4 Å². The van der Waals surface area contributed by atoms with Crippen LogP contribution in [0.1, 0.15) is 47.0 Å². The van der Waals surface area contributed by atoms with Gasteiger partial charge in [-0.2, -0.15) is 0 Å². The summed E-state index contributed by atoms with van der Waals surface area (Å²) in [6, 6.07) is 21.7. The maximum Gasteiger partial charge on any atom is 0.261 e. The van der Waals surface area contributed by atoms with Crippen LogP contribution in [0.3, 0.4) is 0 Å². The molecule has 1 fully saturated rings. The highest BCUT2D eigenvalue weighted by Gasteiger charge is 2.51. The van der Waals surface area contributed by atoms with E-state index in [1.807, 2.05) is 0 Å². The van der Waals surface area contributed by atoms with Crippen molar-refractivity contribution in [1.29, 1.82) is 0 Å². The smallest absolute Gasteiger partial charge is 0.261 e. The molecule has 3 heteroatoms. The fourth-order valence-corrected chi connectivity index (χ4v) is 8.96. The van der Waals surface area contributed by atoms with Gasteiger partial charge in [0, 0.05) is 12.7 Å². The first-order chi connectivity index (χ1) is 12.4. The average molecular weight is 369 g/mol. The molecule has 0 radical (unpaired) electrons. The van der Waals surface area contributed by atoms with Crippen molar-refractivity contribution in [2.45, 2.75) is 64.2 Å². The van der Waals surface area contributed by atoms with Crippen molar-refractivity contribution in [2.75, 3.05) is 6.61 Å². The summed E-state index contributed by atoms with van der Waals surface area (Å²) in [6.45, 7) is 10.1. The fraction of sp³-hybridized carbons (Fsp3) is 0.478. The lowest BCUT2D eigenvalue weighted by Crippen LogP contribution is -2.67. The molecular formula is C23H32O2Si. The van der Waals surface area contributed by atoms with Gasteiger partial charge in [0.2, 0.25) is 0 Å². The Bertz CT molecular complexity index is 633. The van der Waals surface area contributed by atoms with Crippen molar-refractivity contribution in [3.05, 3.63) is 60.7 Å². The van der Waals surface area contributed by atoms with E-state index in [4.69, 9.17) is 9.16 Å². The Morgan fingerprint density at radius 3 is 1.96 bits per heavy atom. The van der Waals surface area contributed by atoms with Gasteiger partial charge in [0.1, 0.15) is 0 Å². The van der Waals surface area contributed by atoms with E-state index in [1.165, 1.54) is 16.8 Å². The summed E-state index contributed by atoms with van der Waals surface area (Å²) in [5, 5.41) is 2.72. The molecule has 2 atom stereocenters. The molecule has 0 bridgehead atoms. The van der Waals surface area contributed by atoms with Crippen LogP contribution < -0.4 is 10.4 Å². The minimum absolute atomic E-state index is 0.0283. The van der Waals surface area contributed by atoms with E-state index in [0.717, 1.165) is 19.4 Å². The summed E-state index contributed by atoms with van der Waals surface area (Å²) in [7, 11) is -2.44. The molecule has 2 nitrogen and oxygen atoms in total. The molecule has 0 N–H and O–H groups in total. The highest BCUT2D eigenvalue weighted by atomic mass is 28.4. The SMILES string of the molecule is C[C@@H](C[C@@H]1CCCO1)O[Si](c1ccccc1)(c1ccccc1)C(C)(C)C. The minimum Gasteiger partial charge on any atom is -0.405 e. The fourth-order valence-electron chi connectivity index (χ4n) is 4.24. The highest BCUT2D eigenvalue weighted by Crippen LogP contribution is 2.38. The van der Waals surface area contributed by atoms with Crippen LogP contribution in [-0.2, 0) is 9.16 Å². The molecule has 1 aliphatic rings. The third-order valence-corrected chi connectivity index (χ3v) is 10.6. The molecule has 2 aromatic carbocycles. The van der Waals surface area contributed by atoms with E-state index < -0.39 is 8.32 Å². The first kappa shape index (κ1) is 19.3. The third kappa shape index (κ3) is 3.95. The minimum atomic E-state index is -2.44. The van der Waals surface area contributed by atoms with Gasteiger partial charge in [-0.15, -0.1) is 0 Å². The maximum atomic E-state index is 7.10. The van der Waals surface area contributed by atoms with Crippen LogP contribution in [-0.4, -0.2) is 27.1 Å².